The maximum Gasteiger partial charge on any atom is 0.343 e. The molecular formula is C12H20N4O3S. The second kappa shape index (κ2) is 7.68. The Hall–Kier alpha value is -1.83. The van der Waals surface area contributed by atoms with E-state index in [2.05, 4.69) is 15.0 Å². The van der Waals surface area contributed by atoms with Gasteiger partial charge in [-0.2, -0.15) is 4.37 Å². The number of aryl methyl sites for hydroxylation is 1. The molecule has 7 nitrogen and oxygen atoms in total. The second-order valence-electron chi connectivity index (χ2n) is 4.25. The molecule has 1 heterocycles. The van der Waals surface area contributed by atoms with Crippen molar-refractivity contribution in [2.75, 3.05) is 39.1 Å². The van der Waals surface area contributed by atoms with Crippen molar-refractivity contribution in [3.63, 3.8) is 0 Å². The zero-order valence-electron chi connectivity index (χ0n) is 12.1. The number of nitrogens with zero attached hydrogens (tertiary/aromatic N) is 2. The summed E-state index contributed by atoms with van der Waals surface area (Å²) in [4.78, 5) is 24.6. The van der Waals surface area contributed by atoms with Crippen molar-refractivity contribution in [2.45, 2.75) is 13.8 Å². The number of hydrogen-bond donors (Lipinski definition) is 2. The molecule has 0 spiro atoms. The van der Waals surface area contributed by atoms with Crippen LogP contribution in [0.3, 0.4) is 0 Å². The molecular weight excluding hydrogens is 280 g/mol. The van der Waals surface area contributed by atoms with Gasteiger partial charge >= 0.3 is 12.0 Å². The summed E-state index contributed by atoms with van der Waals surface area (Å²) in [6.07, 6.45) is 0. The maximum absolute atomic E-state index is 11.8. The third kappa shape index (κ3) is 4.37. The Kier molecular flexibility index (Phi) is 6.23. The molecule has 0 radical (unpaired) electrons. The van der Waals surface area contributed by atoms with Crippen molar-refractivity contribution in [1.82, 2.24) is 14.6 Å². The zero-order valence-corrected chi connectivity index (χ0v) is 13.0. The van der Waals surface area contributed by atoms with Gasteiger partial charge in [0, 0.05) is 27.2 Å². The van der Waals surface area contributed by atoms with Gasteiger partial charge in [-0.15, -0.1) is 0 Å². The number of amides is 2. The Morgan fingerprint density at radius 3 is 2.65 bits per heavy atom. The van der Waals surface area contributed by atoms with E-state index in [1.807, 2.05) is 0 Å². The molecule has 0 aliphatic carbocycles. The van der Waals surface area contributed by atoms with Crippen molar-refractivity contribution in [2.24, 2.45) is 0 Å². The molecule has 0 unspecified atom stereocenters. The normalized spacial score (nSPS) is 10.0. The quantitative estimate of drug-likeness (QED) is 0.611. The Morgan fingerprint density at radius 2 is 2.05 bits per heavy atom. The molecule has 112 valence electrons. The van der Waals surface area contributed by atoms with Crippen LogP contribution in [0.15, 0.2) is 0 Å². The lowest BCUT2D eigenvalue weighted by Crippen LogP contribution is -2.37. The third-order valence-corrected chi connectivity index (χ3v) is 3.33. The van der Waals surface area contributed by atoms with Gasteiger partial charge in [0.05, 0.1) is 12.3 Å². The number of ether oxygens (including phenoxy) is 1. The number of carbonyl (C=O) groups excluding carboxylic acids is 2. The summed E-state index contributed by atoms with van der Waals surface area (Å²) < 4.78 is 9.14. The fourth-order valence-corrected chi connectivity index (χ4v) is 2.25. The monoisotopic (exact) mass is 300 g/mol. The van der Waals surface area contributed by atoms with E-state index in [1.54, 1.807) is 27.9 Å². The summed E-state index contributed by atoms with van der Waals surface area (Å²) in [5.74, 6) is -0.376. The molecule has 0 saturated heterocycles. The number of nitrogens with one attached hydrogen (secondary N) is 2. The number of hydrogen-bond acceptors (Lipinski definition) is 6. The van der Waals surface area contributed by atoms with E-state index < -0.39 is 0 Å². The lowest BCUT2D eigenvalue weighted by atomic mass is 10.2. The van der Waals surface area contributed by atoms with Crippen LogP contribution in [0.5, 0.6) is 0 Å². The largest absolute Gasteiger partial charge is 0.462 e. The predicted molar refractivity (Wildman–Crippen MR) is 78.4 cm³/mol. The minimum atomic E-state index is -0.376. The van der Waals surface area contributed by atoms with Crippen LogP contribution < -0.4 is 10.6 Å². The van der Waals surface area contributed by atoms with Gasteiger partial charge in [0.15, 0.2) is 0 Å². The highest BCUT2D eigenvalue weighted by Gasteiger charge is 2.19. The molecule has 1 rings (SSSR count). The zero-order chi connectivity index (χ0) is 15.1. The molecule has 0 saturated carbocycles. The molecule has 0 aromatic carbocycles. The van der Waals surface area contributed by atoms with E-state index in [4.69, 9.17) is 4.74 Å². The van der Waals surface area contributed by atoms with Gasteiger partial charge in [-0.3, -0.25) is 0 Å². The summed E-state index contributed by atoms with van der Waals surface area (Å²) in [6, 6.07) is -0.155. The average Bonchev–Trinajstić information content (AvgIpc) is 2.75. The Bertz CT molecular complexity index is 473. The van der Waals surface area contributed by atoms with E-state index in [0.717, 1.165) is 0 Å². The maximum atomic E-state index is 11.8. The number of rotatable bonds is 6. The summed E-state index contributed by atoms with van der Waals surface area (Å²) in [6.45, 7) is 4.81. The van der Waals surface area contributed by atoms with E-state index in [1.165, 1.54) is 16.4 Å². The lowest BCUT2D eigenvalue weighted by molar-refractivity contribution is 0.0527. The molecule has 2 amide bonds. The van der Waals surface area contributed by atoms with E-state index in [9.17, 15) is 9.59 Å². The third-order valence-electron chi connectivity index (χ3n) is 2.44. The van der Waals surface area contributed by atoms with Gasteiger partial charge in [0.2, 0.25) is 0 Å². The predicted octanol–water partition coefficient (Wildman–Crippen LogP) is 1.31. The van der Waals surface area contributed by atoms with Crippen molar-refractivity contribution in [3.05, 3.63) is 11.3 Å². The standard InChI is InChI=1S/C12H20N4O3S/c1-5-19-11(17)9-8(2)15-20-10(9)13-6-7-14-12(18)16(3)4/h13H,5-7H2,1-4H3,(H,14,18). The first-order valence-electron chi connectivity index (χ1n) is 6.29. The van der Waals surface area contributed by atoms with E-state index in [0.29, 0.717) is 36.0 Å². The van der Waals surface area contributed by atoms with Gasteiger partial charge in [0.1, 0.15) is 10.6 Å². The molecule has 8 heteroatoms. The lowest BCUT2D eigenvalue weighted by Gasteiger charge is -2.12. The van der Waals surface area contributed by atoms with Crippen molar-refractivity contribution < 1.29 is 14.3 Å². The number of esters is 1. The summed E-state index contributed by atoms with van der Waals surface area (Å²) in [5.41, 5.74) is 1.11. The Balaban J connectivity index is 2.52. The smallest absolute Gasteiger partial charge is 0.343 e. The van der Waals surface area contributed by atoms with Crippen LogP contribution in [-0.2, 0) is 4.74 Å². The van der Waals surface area contributed by atoms with Crippen molar-refractivity contribution in [3.8, 4) is 0 Å². The minimum absolute atomic E-state index is 0.155. The molecule has 1 aromatic heterocycles. The van der Waals surface area contributed by atoms with Gasteiger partial charge in [-0.25, -0.2) is 9.59 Å². The number of carbonyl (C=O) groups is 2. The van der Waals surface area contributed by atoms with Crippen LogP contribution in [0.1, 0.15) is 23.0 Å². The molecule has 0 aliphatic rings. The van der Waals surface area contributed by atoms with Crippen molar-refractivity contribution >= 4 is 28.5 Å². The fraction of sp³-hybridized carbons (Fsp3) is 0.583. The summed E-state index contributed by atoms with van der Waals surface area (Å²) >= 11 is 1.21. The van der Waals surface area contributed by atoms with Crippen LogP contribution in [0.2, 0.25) is 0 Å². The molecule has 0 bridgehead atoms. The van der Waals surface area contributed by atoms with Gasteiger partial charge in [-0.05, 0) is 25.4 Å². The van der Waals surface area contributed by atoms with Crippen LogP contribution in [0.4, 0.5) is 9.80 Å². The highest BCUT2D eigenvalue weighted by Crippen LogP contribution is 2.24. The topological polar surface area (TPSA) is 83.6 Å². The fourth-order valence-electron chi connectivity index (χ4n) is 1.44. The molecule has 20 heavy (non-hydrogen) atoms. The molecule has 1 aromatic rings. The van der Waals surface area contributed by atoms with Crippen LogP contribution in [0.25, 0.3) is 0 Å². The number of aromatic nitrogens is 1. The molecule has 2 N–H and O–H groups in total. The number of anilines is 1. The first kappa shape index (κ1) is 16.2. The molecule has 0 fully saturated rings. The van der Waals surface area contributed by atoms with Gasteiger partial charge < -0.3 is 20.3 Å². The molecule has 0 atom stereocenters. The highest BCUT2D eigenvalue weighted by molar-refractivity contribution is 7.10. The Labute approximate surface area is 122 Å². The summed E-state index contributed by atoms with van der Waals surface area (Å²) in [5, 5.41) is 6.48. The van der Waals surface area contributed by atoms with Gasteiger partial charge in [-0.1, -0.05) is 0 Å². The Morgan fingerprint density at radius 1 is 1.35 bits per heavy atom. The highest BCUT2D eigenvalue weighted by atomic mass is 32.1. The van der Waals surface area contributed by atoms with E-state index in [-0.39, 0.29) is 12.0 Å². The van der Waals surface area contributed by atoms with Gasteiger partial charge in [0.25, 0.3) is 0 Å². The SMILES string of the molecule is CCOC(=O)c1c(C)nsc1NCCNC(=O)N(C)C. The first-order valence-corrected chi connectivity index (χ1v) is 7.07. The first-order chi connectivity index (χ1) is 9.47. The van der Waals surface area contributed by atoms with Crippen molar-refractivity contribution in [1.29, 1.82) is 0 Å². The average molecular weight is 300 g/mol. The number of urea groups is 1. The van der Waals surface area contributed by atoms with E-state index >= 15 is 0 Å². The molecule has 0 aliphatic heterocycles. The summed E-state index contributed by atoms with van der Waals surface area (Å²) in [7, 11) is 3.35. The van der Waals surface area contributed by atoms with Crippen LogP contribution in [-0.4, -0.2) is 55.1 Å². The second-order valence-corrected chi connectivity index (χ2v) is 5.02. The van der Waals surface area contributed by atoms with Crippen LogP contribution >= 0.6 is 11.5 Å². The minimum Gasteiger partial charge on any atom is -0.462 e. The van der Waals surface area contributed by atoms with Crippen LogP contribution in [0, 0.1) is 6.92 Å².